The number of benzene rings is 1. The van der Waals surface area contributed by atoms with Crippen LogP contribution in [0.5, 0.6) is 0 Å². The molecule has 2 rings (SSSR count). The Kier molecular flexibility index (Phi) is 7.52. The molecule has 24 heavy (non-hydrogen) atoms. The number of hydrogen-bond donors (Lipinski definition) is 1. The molecule has 0 saturated heterocycles. The number of rotatable bonds is 9. The third-order valence-corrected chi connectivity index (χ3v) is 5.67. The first-order valence-corrected chi connectivity index (χ1v) is 9.82. The number of esters is 1. The standard InChI is InChI=1S/C17H22N2O3S2/c1-3-12(2)18-15(20)11-22-16(21)9-6-10-23-17-19-13-7-4-5-8-14(13)24-17/h4-5,7-8,12H,3,6,9-11H2,1-2H3,(H,18,20)/t12-/m0/s1. The number of thiazole rings is 1. The van der Waals surface area contributed by atoms with Gasteiger partial charge in [0.05, 0.1) is 10.2 Å². The van der Waals surface area contributed by atoms with E-state index in [0.717, 1.165) is 22.0 Å². The number of thioether (sulfide) groups is 1. The average molecular weight is 367 g/mol. The van der Waals surface area contributed by atoms with Crippen LogP contribution < -0.4 is 5.32 Å². The van der Waals surface area contributed by atoms with Gasteiger partial charge in [0.25, 0.3) is 5.91 Å². The lowest BCUT2D eigenvalue weighted by Crippen LogP contribution is -2.35. The van der Waals surface area contributed by atoms with Crippen LogP contribution in [-0.4, -0.2) is 35.3 Å². The fourth-order valence-corrected chi connectivity index (χ4v) is 4.00. The summed E-state index contributed by atoms with van der Waals surface area (Å²) in [5.41, 5.74) is 1.01. The van der Waals surface area contributed by atoms with Crippen LogP contribution in [0.15, 0.2) is 28.6 Å². The van der Waals surface area contributed by atoms with Crippen molar-refractivity contribution in [2.45, 2.75) is 43.5 Å². The van der Waals surface area contributed by atoms with Crippen LogP contribution in [0, 0.1) is 0 Å². The molecule has 0 bridgehead atoms. The minimum Gasteiger partial charge on any atom is -0.456 e. The van der Waals surface area contributed by atoms with E-state index in [4.69, 9.17) is 4.74 Å². The first kappa shape index (κ1) is 18.7. The number of aromatic nitrogens is 1. The fourth-order valence-electron chi connectivity index (χ4n) is 1.93. The normalized spacial score (nSPS) is 12.1. The molecule has 5 nitrogen and oxygen atoms in total. The second-order valence-corrected chi connectivity index (χ2v) is 7.81. The number of para-hydroxylation sites is 1. The van der Waals surface area contributed by atoms with Crippen LogP contribution in [0.3, 0.4) is 0 Å². The molecule has 1 heterocycles. The number of carbonyl (C=O) groups is 2. The van der Waals surface area contributed by atoms with Gasteiger partial charge in [0.1, 0.15) is 0 Å². The van der Waals surface area contributed by atoms with Gasteiger partial charge in [-0.15, -0.1) is 11.3 Å². The molecule has 0 unspecified atom stereocenters. The lowest BCUT2D eigenvalue weighted by Gasteiger charge is -2.11. The molecular formula is C17H22N2O3S2. The quantitative estimate of drug-likeness (QED) is 0.417. The van der Waals surface area contributed by atoms with Gasteiger partial charge in [0.15, 0.2) is 10.9 Å². The van der Waals surface area contributed by atoms with Gasteiger partial charge in [0.2, 0.25) is 0 Å². The molecule has 1 aromatic carbocycles. The zero-order valence-corrected chi connectivity index (χ0v) is 15.5. The molecule has 2 aromatic rings. The van der Waals surface area contributed by atoms with Crippen molar-refractivity contribution >= 4 is 45.2 Å². The maximum absolute atomic E-state index is 11.6. The van der Waals surface area contributed by atoms with Crippen LogP contribution in [0.2, 0.25) is 0 Å². The van der Waals surface area contributed by atoms with Crippen molar-refractivity contribution < 1.29 is 14.3 Å². The maximum atomic E-state index is 11.6. The van der Waals surface area contributed by atoms with Crippen molar-refractivity contribution in [1.82, 2.24) is 10.3 Å². The number of fused-ring (bicyclic) bond motifs is 1. The van der Waals surface area contributed by atoms with Gasteiger partial charge in [-0.1, -0.05) is 30.8 Å². The Morgan fingerprint density at radius 1 is 1.38 bits per heavy atom. The van der Waals surface area contributed by atoms with Gasteiger partial charge in [-0.25, -0.2) is 4.98 Å². The second-order valence-electron chi connectivity index (χ2n) is 5.44. The summed E-state index contributed by atoms with van der Waals surface area (Å²) in [6.07, 6.45) is 1.86. The molecule has 0 aliphatic heterocycles. The maximum Gasteiger partial charge on any atom is 0.306 e. The number of nitrogens with zero attached hydrogens (tertiary/aromatic N) is 1. The van der Waals surface area contributed by atoms with Crippen molar-refractivity contribution in [3.8, 4) is 0 Å². The van der Waals surface area contributed by atoms with E-state index in [1.165, 1.54) is 4.70 Å². The highest BCUT2D eigenvalue weighted by molar-refractivity contribution is 8.01. The van der Waals surface area contributed by atoms with Crippen molar-refractivity contribution in [2.75, 3.05) is 12.4 Å². The number of carbonyl (C=O) groups excluding carboxylic acids is 2. The van der Waals surface area contributed by atoms with Crippen LogP contribution in [0.1, 0.15) is 33.1 Å². The largest absolute Gasteiger partial charge is 0.456 e. The lowest BCUT2D eigenvalue weighted by molar-refractivity contribution is -0.148. The van der Waals surface area contributed by atoms with E-state index in [1.54, 1.807) is 23.1 Å². The Hall–Kier alpha value is -1.60. The van der Waals surface area contributed by atoms with Gasteiger partial charge >= 0.3 is 5.97 Å². The molecule has 0 spiro atoms. The third kappa shape index (κ3) is 6.13. The predicted octanol–water partition coefficient (Wildman–Crippen LogP) is 3.63. The van der Waals surface area contributed by atoms with Crippen molar-refractivity contribution in [1.29, 1.82) is 0 Å². The summed E-state index contributed by atoms with van der Waals surface area (Å²) in [4.78, 5) is 27.7. The summed E-state index contributed by atoms with van der Waals surface area (Å²) in [5.74, 6) is 0.217. The molecule has 1 aromatic heterocycles. The number of hydrogen-bond acceptors (Lipinski definition) is 6. The molecule has 130 valence electrons. The monoisotopic (exact) mass is 366 g/mol. The molecule has 7 heteroatoms. The molecule has 0 fully saturated rings. The zero-order valence-electron chi connectivity index (χ0n) is 13.9. The van der Waals surface area contributed by atoms with E-state index < -0.39 is 0 Å². The highest BCUT2D eigenvalue weighted by Crippen LogP contribution is 2.29. The van der Waals surface area contributed by atoms with E-state index >= 15 is 0 Å². The van der Waals surface area contributed by atoms with Gasteiger partial charge in [-0.05, 0) is 31.9 Å². The van der Waals surface area contributed by atoms with Gasteiger partial charge in [-0.3, -0.25) is 9.59 Å². The van der Waals surface area contributed by atoms with Crippen molar-refractivity contribution in [2.24, 2.45) is 0 Å². The SMILES string of the molecule is CC[C@H](C)NC(=O)COC(=O)CCCSc1nc2ccccc2s1. The second kappa shape index (κ2) is 9.64. The summed E-state index contributed by atoms with van der Waals surface area (Å²) in [7, 11) is 0. The van der Waals surface area contributed by atoms with Gasteiger partial charge < -0.3 is 10.1 Å². The van der Waals surface area contributed by atoms with Gasteiger partial charge in [0, 0.05) is 18.2 Å². The van der Waals surface area contributed by atoms with E-state index in [2.05, 4.69) is 16.4 Å². The molecule has 0 aliphatic carbocycles. The summed E-state index contributed by atoms with van der Waals surface area (Å²) < 4.78 is 7.16. The molecule has 0 aliphatic rings. The van der Waals surface area contributed by atoms with Crippen molar-refractivity contribution in [3.05, 3.63) is 24.3 Å². The topological polar surface area (TPSA) is 68.3 Å². The summed E-state index contributed by atoms with van der Waals surface area (Å²) >= 11 is 3.31. The van der Waals surface area contributed by atoms with E-state index in [1.807, 2.05) is 32.0 Å². The number of amides is 1. The lowest BCUT2D eigenvalue weighted by atomic mass is 10.2. The third-order valence-electron chi connectivity index (χ3n) is 3.41. The molecule has 1 atom stereocenters. The van der Waals surface area contributed by atoms with E-state index in [0.29, 0.717) is 12.8 Å². The Bertz CT molecular complexity index is 654. The number of ether oxygens (including phenoxy) is 1. The summed E-state index contributed by atoms with van der Waals surface area (Å²) in [6.45, 7) is 3.70. The molecule has 0 radical (unpaired) electrons. The highest BCUT2D eigenvalue weighted by Gasteiger charge is 2.10. The zero-order chi connectivity index (χ0) is 17.4. The van der Waals surface area contributed by atoms with Crippen LogP contribution in [0.4, 0.5) is 0 Å². The first-order valence-electron chi connectivity index (χ1n) is 8.02. The average Bonchev–Trinajstić information content (AvgIpc) is 2.99. The molecule has 1 amide bonds. The molecule has 1 N–H and O–H groups in total. The molecular weight excluding hydrogens is 344 g/mol. The summed E-state index contributed by atoms with van der Waals surface area (Å²) in [6, 6.07) is 8.13. The Morgan fingerprint density at radius 3 is 2.92 bits per heavy atom. The smallest absolute Gasteiger partial charge is 0.306 e. The van der Waals surface area contributed by atoms with E-state index in [-0.39, 0.29) is 24.5 Å². The minimum atomic E-state index is -0.334. The van der Waals surface area contributed by atoms with Crippen LogP contribution >= 0.6 is 23.1 Å². The summed E-state index contributed by atoms with van der Waals surface area (Å²) in [5, 5.41) is 2.76. The number of nitrogens with one attached hydrogen (secondary N) is 1. The fraction of sp³-hybridized carbons (Fsp3) is 0.471. The van der Waals surface area contributed by atoms with Gasteiger partial charge in [-0.2, -0.15) is 0 Å². The Morgan fingerprint density at radius 2 is 2.17 bits per heavy atom. The Balaban J connectivity index is 1.61. The van der Waals surface area contributed by atoms with Crippen LogP contribution in [-0.2, 0) is 14.3 Å². The van der Waals surface area contributed by atoms with Crippen LogP contribution in [0.25, 0.3) is 10.2 Å². The Labute approximate surface area is 150 Å². The van der Waals surface area contributed by atoms with E-state index in [9.17, 15) is 9.59 Å². The molecule has 0 saturated carbocycles. The highest BCUT2D eigenvalue weighted by atomic mass is 32.2. The minimum absolute atomic E-state index is 0.0985. The van der Waals surface area contributed by atoms with Crippen molar-refractivity contribution in [3.63, 3.8) is 0 Å². The predicted molar refractivity (Wildman–Crippen MR) is 98.4 cm³/mol. The first-order chi connectivity index (χ1) is 11.6.